The third kappa shape index (κ3) is 4.35. The van der Waals surface area contributed by atoms with Crippen molar-refractivity contribution >= 4 is 11.9 Å². The van der Waals surface area contributed by atoms with Gasteiger partial charge in [-0.05, 0) is 37.5 Å². The second-order valence-electron chi connectivity index (χ2n) is 4.73. The van der Waals surface area contributed by atoms with Crippen molar-refractivity contribution in [3.05, 3.63) is 34.9 Å². The van der Waals surface area contributed by atoms with Crippen LogP contribution < -0.4 is 0 Å². The molecule has 0 bridgehead atoms. The summed E-state index contributed by atoms with van der Waals surface area (Å²) in [5.41, 5.74) is 0.335. The van der Waals surface area contributed by atoms with Crippen molar-refractivity contribution in [1.29, 1.82) is 0 Å². The summed E-state index contributed by atoms with van der Waals surface area (Å²) in [7, 11) is 1.80. The lowest BCUT2D eigenvalue weighted by Crippen LogP contribution is -2.06. The van der Waals surface area contributed by atoms with Gasteiger partial charge in [-0.25, -0.2) is 9.59 Å². The van der Waals surface area contributed by atoms with Crippen LogP contribution in [0, 0.1) is 6.92 Å². The summed E-state index contributed by atoms with van der Waals surface area (Å²) in [5.74, 6) is -2.22. The Hall–Kier alpha value is -1.88. The van der Waals surface area contributed by atoms with E-state index < -0.39 is 11.9 Å². The number of rotatable bonds is 3. The van der Waals surface area contributed by atoms with Crippen molar-refractivity contribution < 1.29 is 24.5 Å². The number of carboxylic acid groups (broad SMARTS) is 2. The van der Waals surface area contributed by atoms with Crippen LogP contribution in [-0.4, -0.2) is 35.4 Å². The Balaban J connectivity index is 0.000000240. The first kappa shape index (κ1) is 16.2. The van der Waals surface area contributed by atoms with E-state index in [9.17, 15) is 9.59 Å². The van der Waals surface area contributed by atoms with Gasteiger partial charge in [0.15, 0.2) is 0 Å². The molecule has 1 aliphatic carbocycles. The highest BCUT2D eigenvalue weighted by molar-refractivity contribution is 5.96. The van der Waals surface area contributed by atoms with Gasteiger partial charge in [0.05, 0.1) is 17.2 Å². The van der Waals surface area contributed by atoms with Crippen molar-refractivity contribution in [3.8, 4) is 0 Å². The maximum Gasteiger partial charge on any atom is 0.335 e. The average molecular weight is 280 g/mol. The van der Waals surface area contributed by atoms with E-state index in [0.29, 0.717) is 6.10 Å². The number of aromatic carboxylic acids is 2. The first-order valence-electron chi connectivity index (χ1n) is 6.56. The van der Waals surface area contributed by atoms with Crippen LogP contribution in [0.3, 0.4) is 0 Å². The van der Waals surface area contributed by atoms with Crippen LogP contribution in [0.1, 0.15) is 52.0 Å². The molecule has 110 valence electrons. The third-order valence-electron chi connectivity index (χ3n) is 3.43. The van der Waals surface area contributed by atoms with E-state index in [1.165, 1.54) is 50.8 Å². The number of hydrogen-bond donors (Lipinski definition) is 2. The first-order valence-corrected chi connectivity index (χ1v) is 6.56. The van der Waals surface area contributed by atoms with Gasteiger partial charge in [0.25, 0.3) is 0 Å². The molecule has 1 aliphatic rings. The fraction of sp³-hybridized carbons (Fsp3) is 0.467. The lowest BCUT2D eigenvalue weighted by atomic mass is 10.0. The molecule has 0 unspecified atom stereocenters. The second kappa shape index (κ2) is 7.65. The SMILES string of the molecule is COC1CCCC1.Cc1c(C(=O)O)cccc1C(=O)O. The molecule has 0 saturated heterocycles. The van der Waals surface area contributed by atoms with Crippen LogP contribution in [-0.2, 0) is 4.74 Å². The van der Waals surface area contributed by atoms with E-state index in [-0.39, 0.29) is 16.7 Å². The molecular formula is C15H20O5. The summed E-state index contributed by atoms with van der Waals surface area (Å²) < 4.78 is 5.11. The molecule has 5 nitrogen and oxygen atoms in total. The zero-order valence-corrected chi connectivity index (χ0v) is 11.8. The van der Waals surface area contributed by atoms with Gasteiger partial charge >= 0.3 is 11.9 Å². The molecular weight excluding hydrogens is 260 g/mol. The summed E-state index contributed by atoms with van der Waals surface area (Å²) >= 11 is 0. The minimum atomic E-state index is -1.11. The molecule has 0 heterocycles. The van der Waals surface area contributed by atoms with Crippen LogP contribution in [0.2, 0.25) is 0 Å². The maximum absolute atomic E-state index is 10.6. The molecule has 1 fully saturated rings. The van der Waals surface area contributed by atoms with Crippen molar-refractivity contribution in [2.75, 3.05) is 7.11 Å². The van der Waals surface area contributed by atoms with E-state index in [4.69, 9.17) is 14.9 Å². The number of ether oxygens (including phenoxy) is 1. The van der Waals surface area contributed by atoms with Gasteiger partial charge in [-0.1, -0.05) is 18.9 Å². The molecule has 0 radical (unpaired) electrons. The van der Waals surface area contributed by atoms with Crippen LogP contribution in [0.4, 0.5) is 0 Å². The molecule has 0 atom stereocenters. The van der Waals surface area contributed by atoms with Crippen LogP contribution >= 0.6 is 0 Å². The van der Waals surface area contributed by atoms with Crippen molar-refractivity contribution in [2.24, 2.45) is 0 Å². The van der Waals surface area contributed by atoms with Gasteiger partial charge in [0, 0.05) is 7.11 Å². The van der Waals surface area contributed by atoms with Gasteiger partial charge in [-0.3, -0.25) is 0 Å². The molecule has 1 saturated carbocycles. The van der Waals surface area contributed by atoms with Gasteiger partial charge in [-0.15, -0.1) is 0 Å². The summed E-state index contributed by atoms with van der Waals surface area (Å²) in [6, 6.07) is 4.17. The zero-order chi connectivity index (χ0) is 15.1. The van der Waals surface area contributed by atoms with Gasteiger partial charge in [0.2, 0.25) is 0 Å². The largest absolute Gasteiger partial charge is 0.478 e. The summed E-state index contributed by atoms with van der Waals surface area (Å²) in [5, 5.41) is 17.4. The minimum Gasteiger partial charge on any atom is -0.478 e. The summed E-state index contributed by atoms with van der Waals surface area (Å²) in [4.78, 5) is 21.2. The maximum atomic E-state index is 10.6. The predicted octanol–water partition coefficient (Wildman–Crippen LogP) is 2.97. The topological polar surface area (TPSA) is 83.8 Å². The lowest BCUT2D eigenvalue weighted by molar-refractivity contribution is 0.0696. The normalized spacial score (nSPS) is 14.5. The number of hydrogen-bond acceptors (Lipinski definition) is 3. The van der Waals surface area contributed by atoms with Crippen LogP contribution in [0.25, 0.3) is 0 Å². The fourth-order valence-electron chi connectivity index (χ4n) is 2.22. The smallest absolute Gasteiger partial charge is 0.335 e. The summed E-state index contributed by atoms with van der Waals surface area (Å²) in [6.07, 6.45) is 5.92. The monoisotopic (exact) mass is 280 g/mol. The fourth-order valence-corrected chi connectivity index (χ4v) is 2.22. The average Bonchev–Trinajstić information content (AvgIpc) is 2.92. The molecule has 5 heteroatoms. The Bertz CT molecular complexity index is 443. The van der Waals surface area contributed by atoms with Crippen molar-refractivity contribution in [2.45, 2.75) is 38.7 Å². The van der Waals surface area contributed by atoms with Crippen LogP contribution in [0.15, 0.2) is 18.2 Å². The second-order valence-corrected chi connectivity index (χ2v) is 4.73. The highest BCUT2D eigenvalue weighted by Crippen LogP contribution is 2.19. The predicted molar refractivity (Wildman–Crippen MR) is 74.4 cm³/mol. The Labute approximate surface area is 118 Å². The van der Waals surface area contributed by atoms with E-state index in [2.05, 4.69) is 0 Å². The molecule has 0 aliphatic heterocycles. The Morgan fingerprint density at radius 3 is 1.85 bits per heavy atom. The van der Waals surface area contributed by atoms with Gasteiger partial charge < -0.3 is 14.9 Å². The van der Waals surface area contributed by atoms with Crippen LogP contribution in [0.5, 0.6) is 0 Å². The number of methoxy groups -OCH3 is 1. The molecule has 2 N–H and O–H groups in total. The Morgan fingerprint density at radius 1 is 1.10 bits per heavy atom. The third-order valence-corrected chi connectivity index (χ3v) is 3.43. The minimum absolute atomic E-state index is 0.0277. The molecule has 0 spiro atoms. The molecule has 0 amide bonds. The van der Waals surface area contributed by atoms with Crippen molar-refractivity contribution in [1.82, 2.24) is 0 Å². The first-order chi connectivity index (χ1) is 9.47. The van der Waals surface area contributed by atoms with Gasteiger partial charge in [0.1, 0.15) is 0 Å². The van der Waals surface area contributed by atoms with E-state index >= 15 is 0 Å². The molecule has 1 aromatic rings. The standard InChI is InChI=1S/C9H8O4.C6H12O/c1-5-6(8(10)11)3-2-4-7(5)9(12)13;1-7-6-4-2-3-5-6/h2-4H,1H3,(H,10,11)(H,12,13);6H,2-5H2,1H3. The highest BCUT2D eigenvalue weighted by Gasteiger charge is 2.13. The zero-order valence-electron chi connectivity index (χ0n) is 11.8. The van der Waals surface area contributed by atoms with Crippen molar-refractivity contribution in [3.63, 3.8) is 0 Å². The molecule has 1 aromatic carbocycles. The Morgan fingerprint density at radius 2 is 1.55 bits per heavy atom. The van der Waals surface area contributed by atoms with Gasteiger partial charge in [-0.2, -0.15) is 0 Å². The lowest BCUT2D eigenvalue weighted by Gasteiger charge is -2.03. The molecule has 2 rings (SSSR count). The number of carboxylic acids is 2. The molecule has 0 aromatic heterocycles. The van der Waals surface area contributed by atoms with E-state index in [0.717, 1.165) is 0 Å². The quantitative estimate of drug-likeness (QED) is 0.889. The van der Waals surface area contributed by atoms with E-state index in [1.54, 1.807) is 7.11 Å². The number of carbonyl (C=O) groups is 2. The highest BCUT2D eigenvalue weighted by atomic mass is 16.5. The molecule has 20 heavy (non-hydrogen) atoms. The Kier molecular flexibility index (Phi) is 6.18. The summed E-state index contributed by atoms with van der Waals surface area (Å²) in [6.45, 7) is 1.48. The number of benzene rings is 1. The van der Waals surface area contributed by atoms with E-state index in [1.807, 2.05) is 0 Å².